The fraction of sp³-hybridized carbons (Fsp3) is 0.368. The van der Waals surface area contributed by atoms with Crippen molar-refractivity contribution in [2.45, 2.75) is 27.7 Å². The van der Waals surface area contributed by atoms with Crippen molar-refractivity contribution >= 4 is 16.9 Å². The van der Waals surface area contributed by atoms with E-state index in [0.717, 1.165) is 16.8 Å². The molecule has 7 nitrogen and oxygen atoms in total. The van der Waals surface area contributed by atoms with Crippen LogP contribution in [0.5, 0.6) is 5.88 Å². The highest BCUT2D eigenvalue weighted by Crippen LogP contribution is 2.24. The van der Waals surface area contributed by atoms with Gasteiger partial charge in [-0.3, -0.25) is 4.79 Å². The smallest absolute Gasteiger partial charge is 0.258 e. The monoisotopic (exact) mass is 353 g/mol. The molecule has 0 atom stereocenters. The summed E-state index contributed by atoms with van der Waals surface area (Å²) in [6.45, 7) is 8.69. The fourth-order valence-corrected chi connectivity index (χ4v) is 2.70. The van der Waals surface area contributed by atoms with Gasteiger partial charge in [0.25, 0.3) is 5.91 Å². The van der Waals surface area contributed by atoms with Crippen LogP contribution in [0.4, 0.5) is 0 Å². The van der Waals surface area contributed by atoms with Gasteiger partial charge in [0, 0.05) is 6.54 Å². The number of aryl methyl sites for hydroxylation is 2. The van der Waals surface area contributed by atoms with Crippen LogP contribution in [-0.4, -0.2) is 38.8 Å². The Morgan fingerprint density at radius 3 is 2.62 bits per heavy atom. The summed E-state index contributed by atoms with van der Waals surface area (Å²) in [6.07, 6.45) is 3.08. The number of fused-ring (bicyclic) bond motifs is 1. The molecular weight excluding hydrogens is 330 g/mol. The first-order valence-electron chi connectivity index (χ1n) is 8.61. The van der Waals surface area contributed by atoms with E-state index in [1.807, 2.05) is 39.8 Å². The van der Waals surface area contributed by atoms with Gasteiger partial charge in [-0.25, -0.2) is 14.6 Å². The molecule has 0 aliphatic rings. The van der Waals surface area contributed by atoms with Gasteiger partial charge in [-0.2, -0.15) is 5.10 Å². The Hall–Kier alpha value is -2.96. The van der Waals surface area contributed by atoms with Gasteiger partial charge in [0.05, 0.1) is 11.9 Å². The van der Waals surface area contributed by atoms with Crippen LogP contribution < -0.4 is 10.1 Å². The Morgan fingerprint density at radius 2 is 1.92 bits per heavy atom. The molecule has 0 saturated heterocycles. The van der Waals surface area contributed by atoms with Gasteiger partial charge in [0.1, 0.15) is 11.7 Å². The quantitative estimate of drug-likeness (QED) is 0.736. The maximum Gasteiger partial charge on any atom is 0.258 e. The Labute approximate surface area is 152 Å². The molecule has 0 saturated carbocycles. The summed E-state index contributed by atoms with van der Waals surface area (Å²) < 4.78 is 7.35. The van der Waals surface area contributed by atoms with Gasteiger partial charge in [0.2, 0.25) is 5.88 Å². The largest absolute Gasteiger partial charge is 0.467 e. The van der Waals surface area contributed by atoms with Crippen molar-refractivity contribution in [2.75, 3.05) is 13.2 Å². The van der Waals surface area contributed by atoms with Gasteiger partial charge < -0.3 is 10.1 Å². The highest BCUT2D eigenvalue weighted by atomic mass is 16.5. The molecule has 1 aromatic carbocycles. The van der Waals surface area contributed by atoms with Crippen LogP contribution in [0, 0.1) is 19.8 Å². The molecule has 26 heavy (non-hydrogen) atoms. The number of carbonyl (C=O) groups excluding carboxylic acids is 1. The number of rotatable bonds is 6. The molecule has 2 heterocycles. The second kappa shape index (κ2) is 7.51. The number of hydrogen-bond acceptors (Lipinski definition) is 5. The minimum Gasteiger partial charge on any atom is -0.467 e. The summed E-state index contributed by atoms with van der Waals surface area (Å²) in [5.41, 5.74) is 3.87. The predicted octanol–water partition coefficient (Wildman–Crippen LogP) is 2.58. The van der Waals surface area contributed by atoms with Crippen LogP contribution in [0.3, 0.4) is 0 Å². The van der Waals surface area contributed by atoms with Crippen LogP contribution in [0.2, 0.25) is 0 Å². The second-order valence-electron chi connectivity index (χ2n) is 6.80. The third kappa shape index (κ3) is 3.99. The van der Waals surface area contributed by atoms with Crippen LogP contribution >= 0.6 is 0 Å². The third-order valence-electron chi connectivity index (χ3n) is 3.83. The number of ether oxygens (including phenoxy) is 1. The first-order chi connectivity index (χ1) is 12.4. The zero-order chi connectivity index (χ0) is 18.7. The molecule has 7 heteroatoms. The van der Waals surface area contributed by atoms with E-state index in [0.29, 0.717) is 29.4 Å². The van der Waals surface area contributed by atoms with Crippen molar-refractivity contribution in [3.63, 3.8) is 0 Å². The number of nitrogens with one attached hydrogen (secondary N) is 1. The van der Waals surface area contributed by atoms with Crippen LogP contribution in [0.1, 0.15) is 25.0 Å². The molecule has 0 bridgehead atoms. The molecule has 1 N–H and O–H groups in total. The highest BCUT2D eigenvalue weighted by Gasteiger charge is 2.14. The van der Waals surface area contributed by atoms with Gasteiger partial charge in [0.15, 0.2) is 12.3 Å². The van der Waals surface area contributed by atoms with Crippen molar-refractivity contribution < 1.29 is 9.53 Å². The van der Waals surface area contributed by atoms with E-state index in [1.54, 1.807) is 10.9 Å². The van der Waals surface area contributed by atoms with E-state index < -0.39 is 0 Å². The normalized spacial score (nSPS) is 11.1. The fourth-order valence-electron chi connectivity index (χ4n) is 2.70. The van der Waals surface area contributed by atoms with E-state index in [4.69, 9.17) is 4.74 Å². The predicted molar refractivity (Wildman–Crippen MR) is 99.5 cm³/mol. The maximum atomic E-state index is 11.9. The van der Waals surface area contributed by atoms with E-state index in [9.17, 15) is 4.79 Å². The zero-order valence-corrected chi connectivity index (χ0v) is 15.5. The number of hydrogen-bond donors (Lipinski definition) is 1. The standard InChI is InChI=1S/C19H23N5O2/c1-12(2)8-20-17(25)10-26-19-16-9-23-24(18(16)21-11-22-19)15-6-13(3)5-14(4)7-15/h5-7,9,11-12H,8,10H2,1-4H3,(H,20,25). The molecule has 3 aromatic rings. The molecule has 2 aromatic heterocycles. The van der Waals surface area contributed by atoms with Crippen molar-refractivity contribution in [3.05, 3.63) is 41.9 Å². The Morgan fingerprint density at radius 1 is 1.19 bits per heavy atom. The van der Waals surface area contributed by atoms with Gasteiger partial charge in [-0.15, -0.1) is 0 Å². The highest BCUT2D eigenvalue weighted by molar-refractivity contribution is 5.82. The molecule has 0 fully saturated rings. The summed E-state index contributed by atoms with van der Waals surface area (Å²) in [6, 6.07) is 6.19. The van der Waals surface area contributed by atoms with Gasteiger partial charge >= 0.3 is 0 Å². The number of aromatic nitrogens is 4. The average molecular weight is 353 g/mol. The zero-order valence-electron chi connectivity index (χ0n) is 15.5. The minimum atomic E-state index is -0.174. The molecule has 136 valence electrons. The van der Waals surface area contributed by atoms with Gasteiger partial charge in [-0.05, 0) is 43.0 Å². The van der Waals surface area contributed by atoms with Gasteiger partial charge in [-0.1, -0.05) is 19.9 Å². The number of nitrogens with zero attached hydrogens (tertiary/aromatic N) is 4. The molecule has 0 radical (unpaired) electrons. The Kier molecular flexibility index (Phi) is 5.16. The van der Waals surface area contributed by atoms with Crippen LogP contribution in [0.25, 0.3) is 16.7 Å². The lowest BCUT2D eigenvalue weighted by Crippen LogP contribution is -2.31. The van der Waals surface area contributed by atoms with E-state index >= 15 is 0 Å². The van der Waals surface area contributed by atoms with Crippen LogP contribution in [0.15, 0.2) is 30.7 Å². The molecular formula is C19H23N5O2. The average Bonchev–Trinajstić information content (AvgIpc) is 3.02. The molecule has 0 unspecified atom stereocenters. The first-order valence-corrected chi connectivity index (χ1v) is 8.61. The lowest BCUT2D eigenvalue weighted by molar-refractivity contribution is -0.123. The third-order valence-corrected chi connectivity index (χ3v) is 3.83. The van der Waals surface area contributed by atoms with Crippen molar-refractivity contribution in [3.8, 4) is 11.6 Å². The minimum absolute atomic E-state index is 0.0897. The Bertz CT molecular complexity index is 913. The maximum absolute atomic E-state index is 11.9. The summed E-state index contributed by atoms with van der Waals surface area (Å²) in [5, 5.41) is 7.91. The van der Waals surface area contributed by atoms with E-state index in [2.05, 4.69) is 26.4 Å². The summed E-state index contributed by atoms with van der Waals surface area (Å²) in [5.74, 6) is 0.568. The molecule has 0 aliphatic heterocycles. The SMILES string of the molecule is Cc1cc(C)cc(-n2ncc3c(OCC(=O)NCC(C)C)ncnc32)c1. The van der Waals surface area contributed by atoms with Crippen molar-refractivity contribution in [1.82, 2.24) is 25.1 Å². The number of amides is 1. The molecule has 0 aliphatic carbocycles. The number of benzene rings is 1. The van der Waals surface area contributed by atoms with E-state index in [1.165, 1.54) is 6.33 Å². The van der Waals surface area contributed by atoms with Crippen molar-refractivity contribution in [2.24, 2.45) is 5.92 Å². The van der Waals surface area contributed by atoms with Crippen molar-refractivity contribution in [1.29, 1.82) is 0 Å². The number of carbonyl (C=O) groups is 1. The molecule has 0 spiro atoms. The molecule has 1 amide bonds. The second-order valence-corrected chi connectivity index (χ2v) is 6.80. The van der Waals surface area contributed by atoms with E-state index in [-0.39, 0.29) is 12.5 Å². The van der Waals surface area contributed by atoms with Crippen LogP contribution in [-0.2, 0) is 4.79 Å². The Balaban J connectivity index is 1.84. The molecule has 3 rings (SSSR count). The first kappa shape index (κ1) is 17.8. The lowest BCUT2D eigenvalue weighted by atomic mass is 10.1. The summed E-state index contributed by atoms with van der Waals surface area (Å²) in [7, 11) is 0. The lowest BCUT2D eigenvalue weighted by Gasteiger charge is -2.09. The summed E-state index contributed by atoms with van der Waals surface area (Å²) in [4.78, 5) is 20.3. The summed E-state index contributed by atoms with van der Waals surface area (Å²) >= 11 is 0. The topological polar surface area (TPSA) is 81.9 Å².